The Hall–Kier alpha value is -3.34. The van der Waals surface area contributed by atoms with Gasteiger partial charge in [0, 0.05) is 43.5 Å². The van der Waals surface area contributed by atoms with Crippen molar-refractivity contribution in [3.8, 4) is 0 Å². The van der Waals surface area contributed by atoms with Crippen LogP contribution < -0.4 is 5.32 Å². The number of hydrogen-bond acceptors (Lipinski definition) is 2. The molecule has 4 rings (SSSR count). The average molecular weight is 402 g/mol. The Bertz CT molecular complexity index is 1050. The number of aryl methyl sites for hydroxylation is 2. The van der Waals surface area contributed by atoms with E-state index in [0.717, 1.165) is 29.1 Å². The summed E-state index contributed by atoms with van der Waals surface area (Å²) in [7, 11) is 0. The van der Waals surface area contributed by atoms with Crippen LogP contribution in [0.15, 0.2) is 66.9 Å². The summed E-state index contributed by atoms with van der Waals surface area (Å²) in [5.41, 5.74) is 5.28. The van der Waals surface area contributed by atoms with E-state index >= 15 is 0 Å². The molecule has 0 unspecified atom stereocenters. The molecule has 0 saturated heterocycles. The van der Waals surface area contributed by atoms with Crippen molar-refractivity contribution in [3.05, 3.63) is 89.2 Å². The van der Waals surface area contributed by atoms with E-state index in [1.54, 1.807) is 0 Å². The molecule has 1 aromatic heterocycles. The molecule has 1 N–H and O–H groups in total. The topological polar surface area (TPSA) is 54.3 Å². The molecule has 0 spiro atoms. The van der Waals surface area contributed by atoms with Crippen molar-refractivity contribution >= 4 is 17.5 Å². The van der Waals surface area contributed by atoms with Crippen molar-refractivity contribution in [1.29, 1.82) is 0 Å². The summed E-state index contributed by atoms with van der Waals surface area (Å²) in [5, 5.41) is 2.88. The predicted molar refractivity (Wildman–Crippen MR) is 118 cm³/mol. The van der Waals surface area contributed by atoms with Gasteiger partial charge in [-0.1, -0.05) is 47.5 Å². The van der Waals surface area contributed by atoms with Gasteiger partial charge in [-0.3, -0.25) is 9.59 Å². The second-order valence-corrected chi connectivity index (χ2v) is 7.94. The number of amides is 2. The minimum Gasteiger partial charge on any atom is -0.348 e. The summed E-state index contributed by atoms with van der Waals surface area (Å²) in [5.74, 6) is -0.132. The third-order valence-electron chi connectivity index (χ3n) is 5.62. The highest BCUT2D eigenvalue weighted by molar-refractivity contribution is 5.93. The summed E-state index contributed by atoms with van der Waals surface area (Å²) in [6.07, 6.45) is 2.43. The normalized spacial score (nSPS) is 15.5. The summed E-state index contributed by atoms with van der Waals surface area (Å²) >= 11 is 0. The van der Waals surface area contributed by atoms with E-state index in [4.69, 9.17) is 0 Å². The quantitative estimate of drug-likeness (QED) is 0.686. The number of carbonyl (C=O) groups is 2. The predicted octanol–water partition coefficient (Wildman–Crippen LogP) is 4.46. The molecule has 0 bridgehead atoms. The van der Waals surface area contributed by atoms with Gasteiger partial charge in [0.15, 0.2) is 0 Å². The van der Waals surface area contributed by atoms with Crippen LogP contribution in [0.3, 0.4) is 0 Å². The number of rotatable bonds is 5. The second-order valence-electron chi connectivity index (χ2n) is 7.94. The molecular weight excluding hydrogens is 374 g/mol. The fourth-order valence-electron chi connectivity index (χ4n) is 4.07. The molecule has 0 aliphatic carbocycles. The van der Waals surface area contributed by atoms with Crippen molar-refractivity contribution in [1.82, 2.24) is 9.47 Å². The highest BCUT2D eigenvalue weighted by atomic mass is 16.2. The van der Waals surface area contributed by atoms with E-state index in [1.807, 2.05) is 48.2 Å². The Morgan fingerprint density at radius 3 is 2.50 bits per heavy atom. The molecule has 2 aromatic carbocycles. The number of nitrogens with one attached hydrogen (secondary N) is 1. The van der Waals surface area contributed by atoms with E-state index in [1.165, 1.54) is 5.56 Å². The fraction of sp³-hybridized carbons (Fsp3) is 0.280. The average Bonchev–Trinajstić information content (AvgIpc) is 3.22. The van der Waals surface area contributed by atoms with Crippen LogP contribution in [0, 0.1) is 13.8 Å². The molecule has 0 radical (unpaired) electrons. The number of nitrogens with zero attached hydrogens (tertiary/aromatic N) is 2. The molecular formula is C25H27N3O2. The van der Waals surface area contributed by atoms with Crippen LogP contribution in [0.25, 0.3) is 0 Å². The molecule has 5 heteroatoms. The second kappa shape index (κ2) is 8.57. The number of fused-ring (bicyclic) bond motifs is 1. The first-order chi connectivity index (χ1) is 14.5. The number of hydrogen-bond donors (Lipinski definition) is 1. The maximum atomic E-state index is 13.1. The Balaban J connectivity index is 1.47. The van der Waals surface area contributed by atoms with Gasteiger partial charge in [-0.2, -0.15) is 0 Å². The summed E-state index contributed by atoms with van der Waals surface area (Å²) in [6.45, 7) is 5.47. The van der Waals surface area contributed by atoms with E-state index in [2.05, 4.69) is 47.3 Å². The lowest BCUT2D eigenvalue weighted by Gasteiger charge is -2.37. The van der Waals surface area contributed by atoms with Crippen LogP contribution in [0.2, 0.25) is 0 Å². The van der Waals surface area contributed by atoms with E-state index < -0.39 is 0 Å². The van der Waals surface area contributed by atoms with Gasteiger partial charge in [-0.25, -0.2) is 0 Å². The Labute approximate surface area is 177 Å². The van der Waals surface area contributed by atoms with E-state index in [-0.39, 0.29) is 30.7 Å². The molecule has 2 amide bonds. The number of carbonyl (C=O) groups excluding carboxylic acids is 2. The zero-order valence-electron chi connectivity index (χ0n) is 17.5. The van der Waals surface area contributed by atoms with Gasteiger partial charge in [0.2, 0.25) is 11.8 Å². The largest absolute Gasteiger partial charge is 0.348 e. The van der Waals surface area contributed by atoms with Gasteiger partial charge in [0.05, 0.1) is 6.04 Å². The van der Waals surface area contributed by atoms with Crippen LogP contribution >= 0.6 is 0 Å². The SMILES string of the molecule is Cc1ccc(NC(=O)CCC(=O)N2CCn3cccc3[C@@H]2c2cccc(C)c2)cc1. The Morgan fingerprint density at radius 1 is 0.933 bits per heavy atom. The molecule has 0 fully saturated rings. The Kier molecular flexibility index (Phi) is 5.70. The van der Waals surface area contributed by atoms with Gasteiger partial charge in [0.1, 0.15) is 0 Å². The molecule has 1 aliphatic heterocycles. The van der Waals surface area contributed by atoms with Crippen LogP contribution in [0.5, 0.6) is 0 Å². The highest BCUT2D eigenvalue weighted by Gasteiger charge is 2.32. The summed E-state index contributed by atoms with van der Waals surface area (Å²) in [6, 6.07) is 20.0. The summed E-state index contributed by atoms with van der Waals surface area (Å²) < 4.78 is 2.21. The van der Waals surface area contributed by atoms with Crippen molar-refractivity contribution in [2.45, 2.75) is 39.3 Å². The minimum atomic E-state index is -0.139. The first-order valence-corrected chi connectivity index (χ1v) is 10.4. The van der Waals surface area contributed by atoms with Crippen LogP contribution in [0.1, 0.15) is 41.3 Å². The maximum Gasteiger partial charge on any atom is 0.224 e. The zero-order chi connectivity index (χ0) is 21.1. The molecule has 3 aromatic rings. The first kappa shape index (κ1) is 20.0. The van der Waals surface area contributed by atoms with Crippen molar-refractivity contribution in [3.63, 3.8) is 0 Å². The van der Waals surface area contributed by atoms with Crippen molar-refractivity contribution in [2.24, 2.45) is 0 Å². The third kappa shape index (κ3) is 4.30. The van der Waals surface area contributed by atoms with E-state index in [0.29, 0.717) is 6.54 Å². The monoisotopic (exact) mass is 401 g/mol. The third-order valence-corrected chi connectivity index (χ3v) is 5.62. The molecule has 1 atom stereocenters. The number of aromatic nitrogens is 1. The van der Waals surface area contributed by atoms with Crippen LogP contribution in [-0.4, -0.2) is 27.8 Å². The Morgan fingerprint density at radius 2 is 1.73 bits per heavy atom. The zero-order valence-corrected chi connectivity index (χ0v) is 17.5. The van der Waals surface area contributed by atoms with Crippen LogP contribution in [-0.2, 0) is 16.1 Å². The molecule has 0 saturated carbocycles. The van der Waals surface area contributed by atoms with Gasteiger partial charge in [-0.15, -0.1) is 0 Å². The van der Waals surface area contributed by atoms with E-state index in [9.17, 15) is 9.59 Å². The number of benzene rings is 2. The molecule has 5 nitrogen and oxygen atoms in total. The molecule has 1 aliphatic rings. The highest BCUT2D eigenvalue weighted by Crippen LogP contribution is 2.33. The fourth-order valence-corrected chi connectivity index (χ4v) is 4.07. The minimum absolute atomic E-state index is 0.00742. The molecule has 2 heterocycles. The standard InChI is InChI=1S/C25H27N3O2/c1-18-8-10-21(11-9-18)26-23(29)12-13-24(30)28-16-15-27-14-4-7-22(27)25(28)20-6-3-5-19(2)17-20/h3-11,14,17,25H,12-13,15-16H2,1-2H3,(H,26,29)/t25-/m0/s1. The van der Waals surface area contributed by atoms with Crippen LogP contribution in [0.4, 0.5) is 5.69 Å². The van der Waals surface area contributed by atoms with Gasteiger partial charge in [0.25, 0.3) is 0 Å². The molecule has 154 valence electrons. The summed E-state index contributed by atoms with van der Waals surface area (Å²) in [4.78, 5) is 27.4. The van der Waals surface area contributed by atoms with Gasteiger partial charge in [-0.05, 0) is 43.7 Å². The first-order valence-electron chi connectivity index (χ1n) is 10.4. The van der Waals surface area contributed by atoms with Crippen molar-refractivity contribution in [2.75, 3.05) is 11.9 Å². The molecule has 30 heavy (non-hydrogen) atoms. The van der Waals surface area contributed by atoms with Gasteiger partial charge >= 0.3 is 0 Å². The smallest absolute Gasteiger partial charge is 0.224 e. The lowest BCUT2D eigenvalue weighted by molar-refractivity contribution is -0.135. The van der Waals surface area contributed by atoms with Gasteiger partial charge < -0.3 is 14.8 Å². The lowest BCUT2D eigenvalue weighted by Crippen LogP contribution is -2.42. The maximum absolute atomic E-state index is 13.1. The number of anilines is 1. The van der Waals surface area contributed by atoms with Crippen molar-refractivity contribution < 1.29 is 9.59 Å². The lowest BCUT2D eigenvalue weighted by atomic mass is 9.98.